The van der Waals surface area contributed by atoms with Gasteiger partial charge in [-0.15, -0.1) is 0 Å². The van der Waals surface area contributed by atoms with Crippen molar-refractivity contribution in [2.24, 2.45) is 11.7 Å². The van der Waals surface area contributed by atoms with Gasteiger partial charge in [0.25, 0.3) is 5.91 Å². The quantitative estimate of drug-likeness (QED) is 0.386. The fourth-order valence-electron chi connectivity index (χ4n) is 2.81. The lowest BCUT2D eigenvalue weighted by Crippen LogP contribution is -2.45. The number of amides is 1. The van der Waals surface area contributed by atoms with Crippen molar-refractivity contribution in [3.63, 3.8) is 0 Å². The number of esters is 1. The van der Waals surface area contributed by atoms with E-state index in [0.29, 0.717) is 13.0 Å². The molecule has 8 heteroatoms. The van der Waals surface area contributed by atoms with E-state index < -0.39 is 36.0 Å². The van der Waals surface area contributed by atoms with E-state index in [1.807, 2.05) is 37.3 Å². The summed E-state index contributed by atoms with van der Waals surface area (Å²) in [6.45, 7) is 4.39. The zero-order chi connectivity index (χ0) is 20.5. The van der Waals surface area contributed by atoms with Gasteiger partial charge in [-0.3, -0.25) is 9.59 Å². The van der Waals surface area contributed by atoms with Crippen molar-refractivity contribution < 1.29 is 28.6 Å². The summed E-state index contributed by atoms with van der Waals surface area (Å²) >= 11 is 0. The lowest BCUT2D eigenvalue weighted by atomic mass is 9.94. The molecule has 0 aliphatic carbocycles. The van der Waals surface area contributed by atoms with Crippen molar-refractivity contribution in [1.82, 2.24) is 5.32 Å². The predicted octanol–water partition coefficient (Wildman–Crippen LogP) is 0.225. The number of benzene rings is 1. The van der Waals surface area contributed by atoms with E-state index in [-0.39, 0.29) is 25.5 Å². The monoisotopic (exact) mass is 392 g/mol. The van der Waals surface area contributed by atoms with Crippen LogP contribution in [-0.2, 0) is 35.0 Å². The molecule has 1 amide bonds. The third-order valence-corrected chi connectivity index (χ3v) is 4.38. The number of carbonyl (C=O) groups is 3. The summed E-state index contributed by atoms with van der Waals surface area (Å²) in [4.78, 5) is 36.5. The van der Waals surface area contributed by atoms with Gasteiger partial charge in [0.15, 0.2) is 18.0 Å². The number of nitrogens with two attached hydrogens (primary N) is 1. The fourth-order valence-corrected chi connectivity index (χ4v) is 2.81. The number of ether oxygens (including phenoxy) is 3. The SMILES string of the molecule is CCOC[C@H](CNC(=O)[C@H]1O[C@@H]1C(=O)OCC)C(=O)[C@@H](N)Cc1ccccc1. The zero-order valence-electron chi connectivity index (χ0n) is 16.3. The summed E-state index contributed by atoms with van der Waals surface area (Å²) in [5.41, 5.74) is 7.06. The third-order valence-electron chi connectivity index (χ3n) is 4.38. The van der Waals surface area contributed by atoms with Crippen LogP contribution < -0.4 is 11.1 Å². The van der Waals surface area contributed by atoms with Crippen LogP contribution in [0, 0.1) is 5.92 Å². The highest BCUT2D eigenvalue weighted by molar-refractivity contribution is 5.93. The molecule has 2 rings (SSSR count). The number of hydrogen-bond acceptors (Lipinski definition) is 7. The van der Waals surface area contributed by atoms with Gasteiger partial charge in [0.05, 0.1) is 25.2 Å². The Morgan fingerprint density at radius 3 is 2.50 bits per heavy atom. The molecule has 1 aliphatic heterocycles. The van der Waals surface area contributed by atoms with E-state index in [0.717, 1.165) is 5.56 Å². The van der Waals surface area contributed by atoms with Gasteiger partial charge in [-0.1, -0.05) is 30.3 Å². The molecule has 1 heterocycles. The number of hydrogen-bond donors (Lipinski definition) is 2. The Kier molecular flexibility index (Phi) is 8.56. The summed E-state index contributed by atoms with van der Waals surface area (Å²) in [7, 11) is 0. The van der Waals surface area contributed by atoms with Gasteiger partial charge in [0, 0.05) is 13.2 Å². The summed E-state index contributed by atoms with van der Waals surface area (Å²) in [6.07, 6.45) is -1.34. The largest absolute Gasteiger partial charge is 0.464 e. The van der Waals surface area contributed by atoms with Crippen molar-refractivity contribution in [3.8, 4) is 0 Å². The average Bonchev–Trinajstić information content (AvgIpc) is 3.49. The van der Waals surface area contributed by atoms with Gasteiger partial charge in [-0.25, -0.2) is 4.79 Å². The Hall–Kier alpha value is -2.29. The standard InChI is InChI=1S/C20H28N2O6/c1-3-26-12-14(16(23)15(21)10-13-8-6-5-7-9-13)11-22-19(24)17-18(28-17)20(25)27-4-2/h5-9,14-15,17-18H,3-4,10-12,21H2,1-2H3,(H,22,24)/t14-,15-,17-,18-/m0/s1. The molecule has 3 N–H and O–H groups in total. The van der Waals surface area contributed by atoms with Crippen LogP contribution >= 0.6 is 0 Å². The van der Waals surface area contributed by atoms with Crippen LogP contribution in [0.25, 0.3) is 0 Å². The molecular weight excluding hydrogens is 364 g/mol. The predicted molar refractivity (Wildman–Crippen MR) is 101 cm³/mol. The first-order valence-corrected chi connectivity index (χ1v) is 9.48. The van der Waals surface area contributed by atoms with Crippen LogP contribution in [0.2, 0.25) is 0 Å². The van der Waals surface area contributed by atoms with Crippen molar-refractivity contribution >= 4 is 17.7 Å². The second-order valence-electron chi connectivity index (χ2n) is 6.53. The van der Waals surface area contributed by atoms with E-state index in [1.54, 1.807) is 6.92 Å². The van der Waals surface area contributed by atoms with Crippen LogP contribution in [0.5, 0.6) is 0 Å². The van der Waals surface area contributed by atoms with E-state index in [1.165, 1.54) is 0 Å². The first-order chi connectivity index (χ1) is 13.5. The number of nitrogens with one attached hydrogen (secondary N) is 1. The van der Waals surface area contributed by atoms with Crippen LogP contribution in [0.1, 0.15) is 19.4 Å². The molecular formula is C20H28N2O6. The van der Waals surface area contributed by atoms with Crippen molar-refractivity contribution in [1.29, 1.82) is 0 Å². The fraction of sp³-hybridized carbons (Fsp3) is 0.550. The molecule has 4 atom stereocenters. The number of carbonyl (C=O) groups excluding carboxylic acids is 3. The van der Waals surface area contributed by atoms with Gasteiger partial charge in [0.1, 0.15) is 0 Å². The number of epoxide rings is 1. The van der Waals surface area contributed by atoms with Crippen molar-refractivity contribution in [2.75, 3.05) is 26.4 Å². The number of ketones is 1. The van der Waals surface area contributed by atoms with Gasteiger partial charge < -0.3 is 25.3 Å². The Bertz CT molecular complexity index is 666. The highest BCUT2D eigenvalue weighted by Gasteiger charge is 2.51. The molecule has 28 heavy (non-hydrogen) atoms. The molecule has 8 nitrogen and oxygen atoms in total. The summed E-state index contributed by atoms with van der Waals surface area (Å²) in [5.74, 6) is -1.78. The first-order valence-electron chi connectivity index (χ1n) is 9.48. The van der Waals surface area contributed by atoms with Gasteiger partial charge >= 0.3 is 5.97 Å². The topological polar surface area (TPSA) is 120 Å². The van der Waals surface area contributed by atoms with Crippen molar-refractivity contribution in [3.05, 3.63) is 35.9 Å². The molecule has 1 aromatic rings. The Morgan fingerprint density at radius 2 is 1.86 bits per heavy atom. The smallest absolute Gasteiger partial charge is 0.338 e. The van der Waals surface area contributed by atoms with Crippen LogP contribution in [0.3, 0.4) is 0 Å². The van der Waals surface area contributed by atoms with E-state index in [2.05, 4.69) is 5.32 Å². The molecule has 1 fully saturated rings. The highest BCUT2D eigenvalue weighted by atomic mass is 16.6. The Morgan fingerprint density at radius 1 is 1.14 bits per heavy atom. The Balaban J connectivity index is 1.87. The second-order valence-corrected chi connectivity index (χ2v) is 6.53. The molecule has 0 spiro atoms. The maximum absolute atomic E-state index is 12.7. The van der Waals surface area contributed by atoms with E-state index >= 15 is 0 Å². The lowest BCUT2D eigenvalue weighted by molar-refractivity contribution is -0.144. The van der Waals surface area contributed by atoms with Gasteiger partial charge in [-0.05, 0) is 25.8 Å². The van der Waals surface area contributed by atoms with Gasteiger partial charge in [0.2, 0.25) is 0 Å². The maximum atomic E-state index is 12.7. The Labute approximate surface area is 164 Å². The summed E-state index contributed by atoms with van der Waals surface area (Å²) in [5, 5.41) is 2.65. The summed E-state index contributed by atoms with van der Waals surface area (Å²) < 4.78 is 15.3. The lowest BCUT2D eigenvalue weighted by Gasteiger charge is -2.20. The molecule has 1 saturated heterocycles. The average molecular weight is 392 g/mol. The van der Waals surface area contributed by atoms with E-state index in [9.17, 15) is 14.4 Å². The van der Waals surface area contributed by atoms with E-state index in [4.69, 9.17) is 19.9 Å². The summed E-state index contributed by atoms with van der Waals surface area (Å²) in [6, 6.07) is 8.79. The van der Waals surface area contributed by atoms with Crippen LogP contribution in [-0.4, -0.2) is 62.3 Å². The molecule has 0 radical (unpaired) electrons. The van der Waals surface area contributed by atoms with Crippen LogP contribution in [0.4, 0.5) is 0 Å². The zero-order valence-corrected chi connectivity index (χ0v) is 16.3. The third kappa shape index (κ3) is 6.40. The van der Waals surface area contributed by atoms with Crippen LogP contribution in [0.15, 0.2) is 30.3 Å². The minimum atomic E-state index is -0.875. The molecule has 0 aromatic heterocycles. The molecule has 0 saturated carbocycles. The second kappa shape index (κ2) is 10.9. The molecule has 0 unspecified atom stereocenters. The van der Waals surface area contributed by atoms with Crippen molar-refractivity contribution in [2.45, 2.75) is 38.5 Å². The van der Waals surface area contributed by atoms with Gasteiger partial charge in [-0.2, -0.15) is 0 Å². The first kappa shape index (κ1) is 22.0. The minimum Gasteiger partial charge on any atom is -0.464 e. The molecule has 1 aromatic carbocycles. The maximum Gasteiger partial charge on any atom is 0.338 e. The number of Topliss-reactive ketones (excluding diaryl/α,β-unsaturated/α-hetero) is 1. The normalized spacial score (nSPS) is 20.1. The highest BCUT2D eigenvalue weighted by Crippen LogP contribution is 2.23. The minimum absolute atomic E-state index is 0.0650. The number of rotatable bonds is 12. The molecule has 154 valence electrons. The molecule has 1 aliphatic rings. The molecule has 0 bridgehead atoms.